The fourth-order valence-electron chi connectivity index (χ4n) is 1.77. The van der Waals surface area contributed by atoms with Gasteiger partial charge in [-0.1, -0.05) is 0 Å². The normalized spacial score (nSPS) is 10.0. The van der Waals surface area contributed by atoms with E-state index >= 15 is 0 Å². The summed E-state index contributed by atoms with van der Waals surface area (Å²) < 4.78 is 9.61. The van der Waals surface area contributed by atoms with Gasteiger partial charge in [-0.2, -0.15) is 0 Å². The second-order valence-corrected chi connectivity index (χ2v) is 5.44. The summed E-state index contributed by atoms with van der Waals surface area (Å²) in [5.41, 5.74) is 0.428. The average molecular weight is 342 g/mol. The zero-order valence-corrected chi connectivity index (χ0v) is 14.2. The first kappa shape index (κ1) is 19.0. The Labute approximate surface area is 139 Å². The second kappa shape index (κ2) is 10.6. The van der Waals surface area contributed by atoms with E-state index in [1.807, 2.05) is 0 Å². The summed E-state index contributed by atoms with van der Waals surface area (Å²) in [6, 6.07) is 1.65. The van der Waals surface area contributed by atoms with Crippen LogP contribution >= 0.6 is 11.3 Å². The molecule has 7 nitrogen and oxygen atoms in total. The van der Waals surface area contributed by atoms with Crippen molar-refractivity contribution >= 4 is 35.0 Å². The molecule has 128 valence electrons. The number of carbonyl (C=O) groups is 3. The molecule has 0 fully saturated rings. The molecule has 1 aromatic rings. The highest BCUT2D eigenvalue weighted by molar-refractivity contribution is 7.12. The van der Waals surface area contributed by atoms with E-state index in [9.17, 15) is 14.4 Å². The van der Waals surface area contributed by atoms with Crippen LogP contribution in [0.2, 0.25) is 0 Å². The average Bonchev–Trinajstić information content (AvgIpc) is 2.95. The highest BCUT2D eigenvalue weighted by atomic mass is 32.1. The van der Waals surface area contributed by atoms with Crippen molar-refractivity contribution in [2.75, 3.05) is 25.1 Å². The van der Waals surface area contributed by atoms with Gasteiger partial charge in [-0.15, -0.1) is 11.3 Å². The van der Waals surface area contributed by atoms with Crippen molar-refractivity contribution in [2.45, 2.75) is 33.1 Å². The summed E-state index contributed by atoms with van der Waals surface area (Å²) in [7, 11) is 0. The molecule has 2 N–H and O–H groups in total. The van der Waals surface area contributed by atoms with Crippen LogP contribution in [0.25, 0.3) is 0 Å². The van der Waals surface area contributed by atoms with Crippen molar-refractivity contribution < 1.29 is 23.9 Å². The maximum atomic E-state index is 12.1. The molecule has 0 saturated heterocycles. The van der Waals surface area contributed by atoms with E-state index in [1.54, 1.807) is 25.3 Å². The van der Waals surface area contributed by atoms with Crippen LogP contribution in [0.15, 0.2) is 11.4 Å². The molecule has 2 amide bonds. The SMILES string of the molecule is CCOC(=O)CCCCNC(=O)c1sccc1NC(=O)OCC. The lowest BCUT2D eigenvalue weighted by Crippen LogP contribution is -2.25. The van der Waals surface area contributed by atoms with Gasteiger partial charge in [0.15, 0.2) is 0 Å². The number of carbonyl (C=O) groups excluding carboxylic acids is 3. The van der Waals surface area contributed by atoms with Crippen molar-refractivity contribution in [3.63, 3.8) is 0 Å². The van der Waals surface area contributed by atoms with Gasteiger partial charge >= 0.3 is 12.1 Å². The Hall–Kier alpha value is -2.09. The van der Waals surface area contributed by atoms with Crippen LogP contribution in [0.5, 0.6) is 0 Å². The van der Waals surface area contributed by atoms with Crippen LogP contribution in [0.4, 0.5) is 10.5 Å². The van der Waals surface area contributed by atoms with Crippen LogP contribution in [-0.2, 0) is 14.3 Å². The Kier molecular flexibility index (Phi) is 8.74. The third-order valence-electron chi connectivity index (χ3n) is 2.78. The minimum atomic E-state index is -0.589. The number of esters is 1. The van der Waals surface area contributed by atoms with E-state index in [1.165, 1.54) is 11.3 Å². The minimum Gasteiger partial charge on any atom is -0.466 e. The first-order valence-electron chi connectivity index (χ1n) is 7.53. The summed E-state index contributed by atoms with van der Waals surface area (Å²) >= 11 is 1.24. The lowest BCUT2D eigenvalue weighted by Gasteiger charge is -2.07. The number of hydrogen-bond donors (Lipinski definition) is 2. The monoisotopic (exact) mass is 342 g/mol. The topological polar surface area (TPSA) is 93.7 Å². The molecule has 0 atom stereocenters. The van der Waals surface area contributed by atoms with Crippen LogP contribution in [0.1, 0.15) is 42.8 Å². The highest BCUT2D eigenvalue weighted by Gasteiger charge is 2.15. The number of unbranched alkanes of at least 4 members (excludes halogenated alkanes) is 1. The summed E-state index contributed by atoms with van der Waals surface area (Å²) in [5, 5.41) is 7.01. The third-order valence-corrected chi connectivity index (χ3v) is 3.70. The van der Waals surface area contributed by atoms with Gasteiger partial charge in [-0.3, -0.25) is 14.9 Å². The van der Waals surface area contributed by atoms with Gasteiger partial charge in [0.05, 0.1) is 18.9 Å². The molecule has 1 rings (SSSR count). The van der Waals surface area contributed by atoms with E-state index in [0.717, 1.165) is 0 Å². The Bertz CT molecular complexity index is 530. The summed E-state index contributed by atoms with van der Waals surface area (Å²) in [5.74, 6) is -0.485. The summed E-state index contributed by atoms with van der Waals surface area (Å²) in [6.07, 6.45) is 1.08. The number of amides is 2. The standard InChI is InChI=1S/C15H22N2O5S/c1-3-21-12(18)7-5-6-9-16-14(19)13-11(8-10-23-13)17-15(20)22-4-2/h8,10H,3-7,9H2,1-2H3,(H,16,19)(H,17,20). The Morgan fingerprint density at radius 3 is 2.57 bits per heavy atom. The zero-order valence-electron chi connectivity index (χ0n) is 13.3. The smallest absolute Gasteiger partial charge is 0.411 e. The third kappa shape index (κ3) is 7.14. The van der Waals surface area contributed by atoms with Crippen molar-refractivity contribution in [3.05, 3.63) is 16.3 Å². The van der Waals surface area contributed by atoms with Gasteiger partial charge < -0.3 is 14.8 Å². The number of hydrogen-bond acceptors (Lipinski definition) is 6. The molecule has 0 unspecified atom stereocenters. The molecule has 1 heterocycles. The number of nitrogens with one attached hydrogen (secondary N) is 2. The molecule has 0 aromatic carbocycles. The zero-order chi connectivity index (χ0) is 17.1. The molecular formula is C15H22N2O5S. The molecule has 0 spiro atoms. The fraction of sp³-hybridized carbons (Fsp3) is 0.533. The van der Waals surface area contributed by atoms with Crippen molar-refractivity contribution in [2.24, 2.45) is 0 Å². The van der Waals surface area contributed by atoms with Gasteiger partial charge in [0.25, 0.3) is 5.91 Å². The maximum absolute atomic E-state index is 12.1. The summed E-state index contributed by atoms with van der Waals surface area (Å²) in [4.78, 5) is 35.1. The lowest BCUT2D eigenvalue weighted by atomic mass is 10.2. The van der Waals surface area contributed by atoms with Crippen molar-refractivity contribution in [3.8, 4) is 0 Å². The van der Waals surface area contributed by atoms with Crippen molar-refractivity contribution in [1.29, 1.82) is 0 Å². The molecule has 1 aromatic heterocycles. The Morgan fingerprint density at radius 2 is 1.87 bits per heavy atom. The van der Waals surface area contributed by atoms with Crippen LogP contribution in [0.3, 0.4) is 0 Å². The quantitative estimate of drug-likeness (QED) is 0.532. The molecule has 8 heteroatoms. The molecule has 0 aliphatic heterocycles. The van der Waals surface area contributed by atoms with E-state index in [4.69, 9.17) is 9.47 Å². The first-order valence-corrected chi connectivity index (χ1v) is 8.41. The Morgan fingerprint density at radius 1 is 1.13 bits per heavy atom. The van der Waals surface area contributed by atoms with Gasteiger partial charge in [0.1, 0.15) is 4.88 Å². The van der Waals surface area contributed by atoms with E-state index in [-0.39, 0.29) is 18.5 Å². The van der Waals surface area contributed by atoms with Crippen molar-refractivity contribution in [1.82, 2.24) is 5.32 Å². The number of anilines is 1. The van der Waals surface area contributed by atoms with E-state index < -0.39 is 6.09 Å². The molecule has 0 aliphatic rings. The van der Waals surface area contributed by atoms with Crippen LogP contribution in [-0.4, -0.2) is 37.7 Å². The molecule has 23 heavy (non-hydrogen) atoms. The van der Waals surface area contributed by atoms with Gasteiger partial charge in [-0.25, -0.2) is 4.79 Å². The maximum Gasteiger partial charge on any atom is 0.411 e. The van der Waals surface area contributed by atoms with Crippen LogP contribution < -0.4 is 10.6 Å². The van der Waals surface area contributed by atoms with Gasteiger partial charge in [0.2, 0.25) is 0 Å². The molecular weight excluding hydrogens is 320 g/mol. The second-order valence-electron chi connectivity index (χ2n) is 4.53. The molecule has 0 radical (unpaired) electrons. The van der Waals surface area contributed by atoms with Gasteiger partial charge in [-0.05, 0) is 38.1 Å². The predicted octanol–water partition coefficient (Wildman–Crippen LogP) is 2.78. The number of ether oxygens (including phenoxy) is 2. The largest absolute Gasteiger partial charge is 0.466 e. The first-order chi connectivity index (χ1) is 11.1. The lowest BCUT2D eigenvalue weighted by molar-refractivity contribution is -0.143. The van der Waals surface area contributed by atoms with Crippen LogP contribution in [0, 0.1) is 0 Å². The fourth-order valence-corrected chi connectivity index (χ4v) is 2.54. The number of rotatable bonds is 9. The Balaban J connectivity index is 2.34. The predicted molar refractivity (Wildman–Crippen MR) is 87.8 cm³/mol. The van der Waals surface area contributed by atoms with E-state index in [0.29, 0.717) is 43.0 Å². The van der Waals surface area contributed by atoms with Gasteiger partial charge in [0, 0.05) is 13.0 Å². The summed E-state index contributed by atoms with van der Waals surface area (Å²) in [6.45, 7) is 4.56. The molecule has 0 aliphatic carbocycles. The highest BCUT2D eigenvalue weighted by Crippen LogP contribution is 2.22. The minimum absolute atomic E-state index is 0.224. The van der Waals surface area contributed by atoms with E-state index in [2.05, 4.69) is 10.6 Å². The molecule has 0 bridgehead atoms. The number of thiophene rings is 1. The molecule has 0 saturated carbocycles.